The third kappa shape index (κ3) is 2.96. The van der Waals surface area contributed by atoms with Gasteiger partial charge in [-0.05, 0) is 12.8 Å². The Morgan fingerprint density at radius 3 is 1.86 bits per heavy atom. The van der Waals surface area contributed by atoms with Gasteiger partial charge in [0.1, 0.15) is 5.62 Å². The van der Waals surface area contributed by atoms with E-state index in [0.29, 0.717) is 0 Å². The Morgan fingerprint density at radius 1 is 1.14 bits per heavy atom. The molecule has 2 unspecified atom stereocenters. The first kappa shape index (κ1) is 12.5. The highest BCUT2D eigenvalue weighted by molar-refractivity contribution is 7.55. The van der Waals surface area contributed by atoms with Gasteiger partial charge in [0.2, 0.25) is 0 Å². The minimum atomic E-state index is -2.96. The van der Waals surface area contributed by atoms with Crippen molar-refractivity contribution in [3.8, 4) is 0 Å². The van der Waals surface area contributed by atoms with E-state index in [1.54, 1.807) is 0 Å². The van der Waals surface area contributed by atoms with Gasteiger partial charge in [0.25, 0.3) is 0 Å². The van der Waals surface area contributed by atoms with E-state index in [1.165, 1.54) is 0 Å². The molecule has 14 heavy (non-hydrogen) atoms. The lowest BCUT2D eigenvalue weighted by Gasteiger charge is -2.13. The smallest absolute Gasteiger partial charge is 0.302 e. The van der Waals surface area contributed by atoms with Crippen LogP contribution in [0.5, 0.6) is 0 Å². The number of hydrogen-bond donors (Lipinski definition) is 0. The quantitative estimate of drug-likeness (QED) is 0.542. The molecule has 0 spiro atoms. The Balaban J connectivity index is 2.59. The van der Waals surface area contributed by atoms with E-state index in [0.717, 1.165) is 25.7 Å². The predicted octanol–water partition coefficient (Wildman–Crippen LogP) is 3.76. The number of alkyl halides is 1. The van der Waals surface area contributed by atoms with Crippen molar-refractivity contribution in [1.29, 1.82) is 0 Å². The summed E-state index contributed by atoms with van der Waals surface area (Å²) in [4.78, 5) is 0. The minimum absolute atomic E-state index is 0.0236. The molecule has 1 saturated heterocycles. The van der Waals surface area contributed by atoms with Crippen LogP contribution in [-0.4, -0.2) is 17.8 Å². The van der Waals surface area contributed by atoms with E-state index in [2.05, 4.69) is 13.8 Å². The van der Waals surface area contributed by atoms with Crippen molar-refractivity contribution in [1.82, 2.24) is 0 Å². The summed E-state index contributed by atoms with van der Waals surface area (Å²) in [5, 5.41) is 0. The van der Waals surface area contributed by atoms with Crippen LogP contribution in [0.4, 0.5) is 0 Å². The lowest BCUT2D eigenvalue weighted by Crippen LogP contribution is -2.21. The van der Waals surface area contributed by atoms with Gasteiger partial charge in [-0.15, -0.1) is 11.6 Å². The van der Waals surface area contributed by atoms with Crippen LogP contribution < -0.4 is 0 Å². The van der Waals surface area contributed by atoms with Gasteiger partial charge in [-0.3, -0.25) is 4.57 Å². The van der Waals surface area contributed by atoms with Crippen LogP contribution >= 0.6 is 19.2 Å². The van der Waals surface area contributed by atoms with Crippen LogP contribution in [-0.2, 0) is 13.6 Å². The third-order valence-electron chi connectivity index (χ3n) is 2.30. The van der Waals surface area contributed by atoms with E-state index in [9.17, 15) is 4.57 Å². The highest BCUT2D eigenvalue weighted by atomic mass is 35.5. The van der Waals surface area contributed by atoms with Crippen LogP contribution in [0.2, 0.25) is 0 Å². The molecule has 0 bridgehead atoms. The zero-order chi connectivity index (χ0) is 10.6. The molecule has 1 heterocycles. The second-order valence-electron chi connectivity index (χ2n) is 3.60. The van der Waals surface area contributed by atoms with Crippen molar-refractivity contribution < 1.29 is 13.6 Å². The topological polar surface area (TPSA) is 35.5 Å². The molecule has 2 atom stereocenters. The minimum Gasteiger partial charge on any atom is -0.302 e. The summed E-state index contributed by atoms with van der Waals surface area (Å²) in [6.45, 7) is 4.16. The summed E-state index contributed by atoms with van der Waals surface area (Å²) in [6, 6.07) is 0. The normalized spacial score (nSPS) is 37.6. The maximum Gasteiger partial charge on any atom is 0.346 e. The largest absolute Gasteiger partial charge is 0.346 e. The molecule has 3 nitrogen and oxygen atoms in total. The molecule has 1 rings (SSSR count). The second-order valence-corrected chi connectivity index (χ2v) is 6.20. The molecule has 1 aliphatic rings. The fourth-order valence-corrected chi connectivity index (χ4v) is 3.48. The molecular weight excluding hydrogens is 223 g/mol. The van der Waals surface area contributed by atoms with Gasteiger partial charge in [0.15, 0.2) is 0 Å². The maximum absolute atomic E-state index is 11.8. The van der Waals surface area contributed by atoms with E-state index >= 15 is 0 Å². The van der Waals surface area contributed by atoms with Gasteiger partial charge in [0.05, 0.1) is 12.2 Å². The molecule has 0 saturated carbocycles. The first-order chi connectivity index (χ1) is 6.65. The maximum atomic E-state index is 11.8. The molecule has 0 aromatic heterocycles. The highest BCUT2D eigenvalue weighted by Gasteiger charge is 2.42. The summed E-state index contributed by atoms with van der Waals surface area (Å²) in [7, 11) is -2.96. The molecule has 0 radical (unpaired) electrons. The molecule has 0 aromatic rings. The van der Waals surface area contributed by atoms with Crippen molar-refractivity contribution in [2.75, 3.05) is 5.62 Å². The van der Waals surface area contributed by atoms with Gasteiger partial charge in [-0.25, -0.2) is 0 Å². The van der Waals surface area contributed by atoms with Gasteiger partial charge in [-0.1, -0.05) is 26.7 Å². The number of halogens is 1. The van der Waals surface area contributed by atoms with Gasteiger partial charge < -0.3 is 9.05 Å². The predicted molar refractivity (Wildman–Crippen MR) is 57.9 cm³/mol. The molecule has 0 amide bonds. The summed E-state index contributed by atoms with van der Waals surface area (Å²) in [6.07, 6.45) is 3.76. The molecule has 0 N–H and O–H groups in total. The van der Waals surface area contributed by atoms with Crippen molar-refractivity contribution in [2.24, 2.45) is 0 Å². The van der Waals surface area contributed by atoms with Crippen molar-refractivity contribution >= 4 is 19.2 Å². The van der Waals surface area contributed by atoms with Gasteiger partial charge in [0, 0.05) is 0 Å². The van der Waals surface area contributed by atoms with Crippen molar-refractivity contribution in [2.45, 2.75) is 51.7 Å². The van der Waals surface area contributed by atoms with Crippen LogP contribution in [0.1, 0.15) is 39.5 Å². The average Bonchev–Trinajstić information content (AvgIpc) is 2.46. The molecule has 5 heteroatoms. The Labute approximate surface area is 90.6 Å². The Kier molecular flexibility index (Phi) is 4.92. The molecule has 84 valence electrons. The SMILES string of the molecule is CCCC1OP(=O)(CCl)OC1CCC. The number of rotatable bonds is 5. The summed E-state index contributed by atoms with van der Waals surface area (Å²) in [5.41, 5.74) is -0.0343. The first-order valence-corrected chi connectivity index (χ1v) is 7.43. The molecule has 0 aromatic carbocycles. The fraction of sp³-hybridized carbons (Fsp3) is 1.00. The van der Waals surface area contributed by atoms with E-state index in [-0.39, 0.29) is 17.8 Å². The summed E-state index contributed by atoms with van der Waals surface area (Å²) < 4.78 is 22.6. The van der Waals surface area contributed by atoms with Crippen molar-refractivity contribution in [3.63, 3.8) is 0 Å². The monoisotopic (exact) mass is 240 g/mol. The lowest BCUT2D eigenvalue weighted by atomic mass is 10.1. The lowest BCUT2D eigenvalue weighted by molar-refractivity contribution is 0.137. The Morgan fingerprint density at radius 2 is 1.57 bits per heavy atom. The zero-order valence-electron chi connectivity index (χ0n) is 8.74. The molecule has 1 fully saturated rings. The Hall–Kier alpha value is 0.440. The Bertz CT molecular complexity index is 204. The summed E-state index contributed by atoms with van der Waals surface area (Å²) in [5.74, 6) is 0. The molecule has 1 aliphatic heterocycles. The molecular formula is C9H18ClO3P. The number of hydrogen-bond acceptors (Lipinski definition) is 3. The third-order valence-corrected chi connectivity index (χ3v) is 4.65. The van der Waals surface area contributed by atoms with Gasteiger partial charge >= 0.3 is 7.60 Å². The molecule has 0 aliphatic carbocycles. The average molecular weight is 241 g/mol. The van der Waals surface area contributed by atoms with E-state index < -0.39 is 7.60 Å². The summed E-state index contributed by atoms with van der Waals surface area (Å²) >= 11 is 5.57. The highest BCUT2D eigenvalue weighted by Crippen LogP contribution is 2.58. The van der Waals surface area contributed by atoms with Gasteiger partial charge in [-0.2, -0.15) is 0 Å². The zero-order valence-corrected chi connectivity index (χ0v) is 10.4. The van der Waals surface area contributed by atoms with Crippen LogP contribution in [0, 0.1) is 0 Å². The van der Waals surface area contributed by atoms with Crippen LogP contribution in [0.3, 0.4) is 0 Å². The van der Waals surface area contributed by atoms with E-state index in [4.69, 9.17) is 20.6 Å². The standard InChI is InChI=1S/C9H18ClO3P/c1-3-5-8-9(6-4-2)13-14(11,7-10)12-8/h8-9H,3-7H2,1-2H3. The van der Waals surface area contributed by atoms with Crippen LogP contribution in [0.15, 0.2) is 0 Å². The van der Waals surface area contributed by atoms with Crippen molar-refractivity contribution in [3.05, 3.63) is 0 Å². The fourth-order valence-electron chi connectivity index (χ4n) is 1.68. The van der Waals surface area contributed by atoms with E-state index in [1.807, 2.05) is 0 Å². The van der Waals surface area contributed by atoms with Crippen LogP contribution in [0.25, 0.3) is 0 Å². The second kappa shape index (κ2) is 5.50. The first-order valence-electron chi connectivity index (χ1n) is 5.17.